The van der Waals surface area contributed by atoms with Gasteiger partial charge >= 0.3 is 0 Å². The van der Waals surface area contributed by atoms with Gasteiger partial charge in [0.15, 0.2) is 0 Å². The first-order valence-electron chi connectivity index (χ1n) is 8.17. The number of unbranched alkanes of at least 4 members (excludes halogenated alkanes) is 1. The van der Waals surface area contributed by atoms with Crippen LogP contribution in [0.5, 0.6) is 0 Å². The normalized spacial score (nSPS) is 13.8. The van der Waals surface area contributed by atoms with Gasteiger partial charge < -0.3 is 10.2 Å². The molecule has 0 unspecified atom stereocenters. The minimum absolute atomic E-state index is 0.752. The Balaban J connectivity index is 1.77. The highest BCUT2D eigenvalue weighted by molar-refractivity contribution is 5.48. The molecule has 22 heavy (non-hydrogen) atoms. The lowest BCUT2D eigenvalue weighted by Gasteiger charge is -2.30. The summed E-state index contributed by atoms with van der Waals surface area (Å²) in [7, 11) is 0. The van der Waals surface area contributed by atoms with Crippen LogP contribution in [0.2, 0.25) is 0 Å². The zero-order valence-corrected chi connectivity index (χ0v) is 13.5. The van der Waals surface area contributed by atoms with Crippen LogP contribution in [0, 0.1) is 6.92 Å². The van der Waals surface area contributed by atoms with E-state index in [0.717, 1.165) is 49.9 Å². The van der Waals surface area contributed by atoms with Gasteiger partial charge in [-0.25, -0.2) is 4.98 Å². The molecule has 0 aliphatic carbocycles. The Morgan fingerprint density at radius 3 is 2.82 bits per heavy atom. The van der Waals surface area contributed by atoms with Crippen molar-refractivity contribution in [3.05, 3.63) is 47.2 Å². The fourth-order valence-corrected chi connectivity index (χ4v) is 2.86. The minimum Gasteiger partial charge on any atom is -0.354 e. The van der Waals surface area contributed by atoms with E-state index in [-0.39, 0.29) is 0 Å². The highest BCUT2D eigenvalue weighted by Crippen LogP contribution is 2.24. The molecule has 1 aliphatic heterocycles. The Labute approximate surface area is 132 Å². The highest BCUT2D eigenvalue weighted by atomic mass is 15.2. The molecule has 2 aromatic rings. The third kappa shape index (κ3) is 3.38. The van der Waals surface area contributed by atoms with Gasteiger partial charge in [0, 0.05) is 31.4 Å². The van der Waals surface area contributed by atoms with Crippen molar-refractivity contribution in [3.8, 4) is 0 Å². The summed E-state index contributed by atoms with van der Waals surface area (Å²) in [6.45, 7) is 7.11. The summed E-state index contributed by atoms with van der Waals surface area (Å²) in [6.07, 6.45) is 3.40. The van der Waals surface area contributed by atoms with Crippen LogP contribution in [-0.4, -0.2) is 23.1 Å². The molecule has 0 amide bonds. The maximum Gasteiger partial charge on any atom is 0.224 e. The van der Waals surface area contributed by atoms with Crippen molar-refractivity contribution in [1.82, 2.24) is 9.97 Å². The SMILES string of the molecule is CCCCNc1nc(C)cc(N2CCc3ccccc3C2)n1. The second-order valence-corrected chi connectivity index (χ2v) is 5.91. The average molecular weight is 296 g/mol. The maximum absolute atomic E-state index is 4.71. The maximum atomic E-state index is 4.71. The predicted octanol–water partition coefficient (Wildman–Crippen LogP) is 3.56. The molecule has 4 nitrogen and oxygen atoms in total. The lowest BCUT2D eigenvalue weighted by Crippen LogP contribution is -2.31. The van der Waals surface area contributed by atoms with Gasteiger partial charge in [-0.3, -0.25) is 0 Å². The van der Waals surface area contributed by atoms with E-state index < -0.39 is 0 Å². The van der Waals surface area contributed by atoms with Crippen LogP contribution in [0.25, 0.3) is 0 Å². The molecule has 1 aliphatic rings. The third-order valence-electron chi connectivity index (χ3n) is 4.11. The number of aromatic nitrogens is 2. The van der Waals surface area contributed by atoms with Crippen LogP contribution >= 0.6 is 0 Å². The molecular weight excluding hydrogens is 272 g/mol. The average Bonchev–Trinajstić information content (AvgIpc) is 2.54. The zero-order chi connectivity index (χ0) is 15.4. The zero-order valence-electron chi connectivity index (χ0n) is 13.5. The molecule has 0 bridgehead atoms. The van der Waals surface area contributed by atoms with Crippen molar-refractivity contribution < 1.29 is 0 Å². The molecular formula is C18H24N4. The quantitative estimate of drug-likeness (QED) is 0.857. The van der Waals surface area contributed by atoms with Crippen molar-refractivity contribution in [2.75, 3.05) is 23.3 Å². The summed E-state index contributed by atoms with van der Waals surface area (Å²) in [5.41, 5.74) is 3.89. The van der Waals surface area contributed by atoms with Crippen LogP contribution in [0.15, 0.2) is 30.3 Å². The van der Waals surface area contributed by atoms with Gasteiger partial charge in [-0.15, -0.1) is 0 Å². The topological polar surface area (TPSA) is 41.1 Å². The first-order valence-corrected chi connectivity index (χ1v) is 8.17. The molecule has 1 aromatic heterocycles. The van der Waals surface area contributed by atoms with E-state index in [9.17, 15) is 0 Å². The lowest BCUT2D eigenvalue weighted by molar-refractivity contribution is 0.718. The molecule has 1 N–H and O–H groups in total. The minimum atomic E-state index is 0.752. The number of nitrogens with zero attached hydrogens (tertiary/aromatic N) is 3. The monoisotopic (exact) mass is 296 g/mol. The van der Waals surface area contributed by atoms with Crippen molar-refractivity contribution in [1.29, 1.82) is 0 Å². The number of anilines is 2. The summed E-state index contributed by atoms with van der Waals surface area (Å²) in [4.78, 5) is 11.6. The van der Waals surface area contributed by atoms with E-state index in [2.05, 4.69) is 52.5 Å². The Hall–Kier alpha value is -2.10. The molecule has 2 heterocycles. The molecule has 116 valence electrons. The van der Waals surface area contributed by atoms with Crippen LogP contribution in [0.1, 0.15) is 36.6 Å². The van der Waals surface area contributed by atoms with Crippen LogP contribution in [0.3, 0.4) is 0 Å². The summed E-state index contributed by atoms with van der Waals surface area (Å²) in [5, 5.41) is 3.34. The molecule has 0 saturated heterocycles. The summed E-state index contributed by atoms with van der Waals surface area (Å²) in [5.74, 6) is 1.78. The van der Waals surface area contributed by atoms with E-state index in [1.54, 1.807) is 0 Å². The molecule has 0 saturated carbocycles. The van der Waals surface area contributed by atoms with Crippen LogP contribution in [-0.2, 0) is 13.0 Å². The summed E-state index contributed by atoms with van der Waals surface area (Å²) >= 11 is 0. The number of fused-ring (bicyclic) bond motifs is 1. The first kappa shape index (κ1) is 14.8. The van der Waals surface area contributed by atoms with Gasteiger partial charge in [0.2, 0.25) is 5.95 Å². The van der Waals surface area contributed by atoms with Crippen molar-refractivity contribution in [2.24, 2.45) is 0 Å². The van der Waals surface area contributed by atoms with E-state index in [1.165, 1.54) is 17.5 Å². The standard InChI is InChI=1S/C18H24N4/c1-3-4-10-19-18-20-14(2)12-17(21-18)22-11-9-15-7-5-6-8-16(15)13-22/h5-8,12H,3-4,9-11,13H2,1-2H3,(H,19,20,21). The molecule has 3 rings (SSSR count). The van der Waals surface area contributed by atoms with Gasteiger partial charge in [-0.05, 0) is 30.9 Å². The molecule has 0 fully saturated rings. The smallest absolute Gasteiger partial charge is 0.224 e. The van der Waals surface area contributed by atoms with Gasteiger partial charge in [0.1, 0.15) is 5.82 Å². The second-order valence-electron chi connectivity index (χ2n) is 5.91. The van der Waals surface area contributed by atoms with E-state index in [1.807, 2.05) is 6.92 Å². The van der Waals surface area contributed by atoms with E-state index >= 15 is 0 Å². The molecule has 4 heteroatoms. The largest absolute Gasteiger partial charge is 0.354 e. The molecule has 0 atom stereocenters. The number of nitrogens with one attached hydrogen (secondary N) is 1. The van der Waals surface area contributed by atoms with Crippen molar-refractivity contribution >= 4 is 11.8 Å². The van der Waals surface area contributed by atoms with Crippen LogP contribution in [0.4, 0.5) is 11.8 Å². The van der Waals surface area contributed by atoms with Gasteiger partial charge in [-0.2, -0.15) is 4.98 Å². The number of benzene rings is 1. The molecule has 0 spiro atoms. The number of rotatable bonds is 5. The van der Waals surface area contributed by atoms with Gasteiger partial charge in [-0.1, -0.05) is 37.6 Å². The Morgan fingerprint density at radius 1 is 1.18 bits per heavy atom. The number of hydrogen-bond acceptors (Lipinski definition) is 4. The third-order valence-corrected chi connectivity index (χ3v) is 4.11. The van der Waals surface area contributed by atoms with Crippen molar-refractivity contribution in [3.63, 3.8) is 0 Å². The highest BCUT2D eigenvalue weighted by Gasteiger charge is 2.17. The number of hydrogen-bond donors (Lipinski definition) is 1. The fraction of sp³-hybridized carbons (Fsp3) is 0.444. The van der Waals surface area contributed by atoms with Crippen molar-refractivity contribution in [2.45, 2.75) is 39.7 Å². The van der Waals surface area contributed by atoms with Crippen LogP contribution < -0.4 is 10.2 Å². The summed E-state index contributed by atoms with van der Waals surface area (Å²) < 4.78 is 0. The first-order chi connectivity index (χ1) is 10.8. The number of aryl methyl sites for hydroxylation is 1. The van der Waals surface area contributed by atoms with Gasteiger partial charge in [0.05, 0.1) is 0 Å². The molecule has 1 aromatic carbocycles. The van der Waals surface area contributed by atoms with E-state index in [0.29, 0.717) is 0 Å². The second kappa shape index (κ2) is 6.77. The Kier molecular flexibility index (Phi) is 4.56. The lowest BCUT2D eigenvalue weighted by atomic mass is 10.00. The Bertz CT molecular complexity index is 639. The predicted molar refractivity (Wildman–Crippen MR) is 91.4 cm³/mol. The van der Waals surface area contributed by atoms with Gasteiger partial charge in [0.25, 0.3) is 0 Å². The summed E-state index contributed by atoms with van der Waals surface area (Å²) in [6, 6.07) is 10.8. The Morgan fingerprint density at radius 2 is 2.00 bits per heavy atom. The van der Waals surface area contributed by atoms with E-state index in [4.69, 9.17) is 4.98 Å². The fourth-order valence-electron chi connectivity index (χ4n) is 2.86. The molecule has 0 radical (unpaired) electrons.